The van der Waals surface area contributed by atoms with E-state index in [0.29, 0.717) is 23.3 Å². The van der Waals surface area contributed by atoms with Gasteiger partial charge in [-0.2, -0.15) is 0 Å². The second-order valence-corrected chi connectivity index (χ2v) is 4.68. The van der Waals surface area contributed by atoms with E-state index in [1.165, 1.54) is 11.8 Å². The fourth-order valence-electron chi connectivity index (χ4n) is 1.82. The topological polar surface area (TPSA) is 96.2 Å². The number of nitrogens with zero attached hydrogens (tertiary/aromatic N) is 3. The van der Waals surface area contributed by atoms with E-state index >= 15 is 0 Å². The summed E-state index contributed by atoms with van der Waals surface area (Å²) in [4.78, 5) is 22.2. The van der Waals surface area contributed by atoms with E-state index < -0.39 is 0 Å². The fourth-order valence-corrected chi connectivity index (χ4v) is 2.20. The maximum atomic E-state index is 11.6. The number of piperazine rings is 1. The van der Waals surface area contributed by atoms with Crippen molar-refractivity contribution in [2.75, 3.05) is 29.7 Å². The standard InChI is InChI=1S/C10H16N6OS/c1-6-9(17)12-3-4-16(6)8-5-7(15-11)13-10(14-8)18-2/h5-6H,3-4,11H2,1-2H3,(H,12,17)(H,13,14,15). The van der Waals surface area contributed by atoms with Crippen LogP contribution in [0.15, 0.2) is 11.2 Å². The Morgan fingerprint density at radius 2 is 2.39 bits per heavy atom. The normalized spacial score (nSPS) is 19.6. The molecule has 1 unspecified atom stereocenters. The number of amides is 1. The first-order valence-electron chi connectivity index (χ1n) is 5.59. The first-order valence-corrected chi connectivity index (χ1v) is 6.82. The number of carbonyl (C=O) groups is 1. The first-order chi connectivity index (χ1) is 8.65. The Morgan fingerprint density at radius 3 is 3.06 bits per heavy atom. The second-order valence-electron chi connectivity index (χ2n) is 3.90. The van der Waals surface area contributed by atoms with E-state index in [1.807, 2.05) is 18.1 Å². The van der Waals surface area contributed by atoms with Crippen LogP contribution in [0.5, 0.6) is 0 Å². The van der Waals surface area contributed by atoms with E-state index in [4.69, 9.17) is 5.84 Å². The second kappa shape index (κ2) is 5.40. The van der Waals surface area contributed by atoms with Crippen LogP contribution >= 0.6 is 11.8 Å². The van der Waals surface area contributed by atoms with Crippen LogP contribution in [-0.2, 0) is 4.79 Å². The number of hydrogen-bond donors (Lipinski definition) is 3. The number of nitrogens with two attached hydrogens (primary N) is 1. The lowest BCUT2D eigenvalue weighted by Crippen LogP contribution is -2.54. The van der Waals surface area contributed by atoms with Crippen molar-refractivity contribution in [3.8, 4) is 0 Å². The number of hydrazine groups is 1. The average Bonchev–Trinajstić information content (AvgIpc) is 2.41. The lowest BCUT2D eigenvalue weighted by atomic mass is 10.2. The van der Waals surface area contributed by atoms with Crippen LogP contribution in [-0.4, -0.2) is 41.3 Å². The molecule has 2 heterocycles. The van der Waals surface area contributed by atoms with E-state index in [-0.39, 0.29) is 11.9 Å². The van der Waals surface area contributed by atoms with Crippen molar-refractivity contribution in [2.24, 2.45) is 5.84 Å². The Balaban J connectivity index is 2.34. The highest BCUT2D eigenvalue weighted by Gasteiger charge is 2.27. The fraction of sp³-hybridized carbons (Fsp3) is 0.500. The molecule has 4 N–H and O–H groups in total. The smallest absolute Gasteiger partial charge is 0.242 e. The molecule has 18 heavy (non-hydrogen) atoms. The minimum absolute atomic E-state index is 0.00724. The highest BCUT2D eigenvalue weighted by atomic mass is 32.2. The zero-order chi connectivity index (χ0) is 13.1. The first kappa shape index (κ1) is 12.9. The van der Waals surface area contributed by atoms with Gasteiger partial charge >= 0.3 is 0 Å². The van der Waals surface area contributed by atoms with E-state index in [1.54, 1.807) is 6.07 Å². The molecule has 1 aromatic heterocycles. The summed E-state index contributed by atoms with van der Waals surface area (Å²) in [6, 6.07) is 1.50. The van der Waals surface area contributed by atoms with Crippen molar-refractivity contribution in [3.63, 3.8) is 0 Å². The van der Waals surface area contributed by atoms with Gasteiger partial charge in [-0.05, 0) is 13.2 Å². The minimum atomic E-state index is -0.242. The number of anilines is 2. The van der Waals surface area contributed by atoms with Gasteiger partial charge in [0.1, 0.15) is 17.7 Å². The highest BCUT2D eigenvalue weighted by molar-refractivity contribution is 7.98. The Bertz CT molecular complexity index is 432. The van der Waals surface area contributed by atoms with Crippen LogP contribution in [0, 0.1) is 0 Å². The van der Waals surface area contributed by atoms with E-state index in [2.05, 4.69) is 20.7 Å². The Morgan fingerprint density at radius 1 is 1.61 bits per heavy atom. The molecule has 98 valence electrons. The van der Waals surface area contributed by atoms with Crippen LogP contribution in [0.1, 0.15) is 6.92 Å². The maximum Gasteiger partial charge on any atom is 0.242 e. The van der Waals surface area contributed by atoms with Gasteiger partial charge in [-0.15, -0.1) is 0 Å². The zero-order valence-corrected chi connectivity index (χ0v) is 11.1. The summed E-state index contributed by atoms with van der Waals surface area (Å²) in [5.41, 5.74) is 2.52. The van der Waals surface area contributed by atoms with Crippen molar-refractivity contribution in [1.82, 2.24) is 15.3 Å². The molecule has 1 amide bonds. The number of rotatable bonds is 3. The third-order valence-corrected chi connectivity index (χ3v) is 3.36. The Hall–Kier alpha value is -1.54. The van der Waals surface area contributed by atoms with Crippen LogP contribution in [0.25, 0.3) is 0 Å². The van der Waals surface area contributed by atoms with E-state index in [0.717, 1.165) is 6.54 Å². The van der Waals surface area contributed by atoms with Gasteiger partial charge in [-0.1, -0.05) is 11.8 Å². The zero-order valence-electron chi connectivity index (χ0n) is 10.3. The van der Waals surface area contributed by atoms with Gasteiger partial charge in [-0.3, -0.25) is 4.79 Å². The summed E-state index contributed by atoms with van der Waals surface area (Å²) >= 11 is 1.43. The number of aromatic nitrogens is 2. The molecule has 0 aliphatic carbocycles. The molecular weight excluding hydrogens is 252 g/mol. The van der Waals surface area contributed by atoms with Gasteiger partial charge in [0.15, 0.2) is 5.16 Å². The van der Waals surface area contributed by atoms with Crippen molar-refractivity contribution in [2.45, 2.75) is 18.1 Å². The number of nitrogen functional groups attached to an aromatic ring is 1. The third-order valence-electron chi connectivity index (χ3n) is 2.82. The summed E-state index contributed by atoms with van der Waals surface area (Å²) in [6.07, 6.45) is 1.89. The van der Waals surface area contributed by atoms with Gasteiger partial charge in [0.2, 0.25) is 5.91 Å². The molecule has 1 fully saturated rings. The molecule has 0 bridgehead atoms. The third kappa shape index (κ3) is 2.49. The molecule has 1 aromatic rings. The molecule has 1 saturated heterocycles. The van der Waals surface area contributed by atoms with Gasteiger partial charge in [0.25, 0.3) is 0 Å². The number of nitrogens with one attached hydrogen (secondary N) is 2. The average molecular weight is 268 g/mol. The van der Waals surface area contributed by atoms with Crippen LogP contribution in [0.3, 0.4) is 0 Å². The quantitative estimate of drug-likeness (QED) is 0.302. The van der Waals surface area contributed by atoms with Crippen LogP contribution < -0.4 is 21.5 Å². The number of carbonyl (C=O) groups excluding carboxylic acids is 1. The summed E-state index contributed by atoms with van der Waals surface area (Å²) in [5.74, 6) is 6.65. The molecule has 1 aliphatic rings. The number of hydrogen-bond acceptors (Lipinski definition) is 7. The van der Waals surface area contributed by atoms with Gasteiger partial charge in [-0.25, -0.2) is 15.8 Å². The molecule has 8 heteroatoms. The SMILES string of the molecule is CSc1nc(NN)cc(N2CCNC(=O)C2C)n1. The number of thioether (sulfide) groups is 1. The molecule has 1 atom stereocenters. The molecular formula is C10H16N6OS. The minimum Gasteiger partial charge on any atom is -0.353 e. The van der Waals surface area contributed by atoms with Crippen molar-refractivity contribution >= 4 is 29.3 Å². The van der Waals surface area contributed by atoms with Gasteiger partial charge in [0.05, 0.1) is 0 Å². The van der Waals surface area contributed by atoms with Crippen molar-refractivity contribution in [3.05, 3.63) is 6.07 Å². The Labute approximate surface area is 110 Å². The van der Waals surface area contributed by atoms with Gasteiger partial charge in [0, 0.05) is 19.2 Å². The highest BCUT2D eigenvalue weighted by Crippen LogP contribution is 2.22. The van der Waals surface area contributed by atoms with Crippen molar-refractivity contribution < 1.29 is 4.79 Å². The maximum absolute atomic E-state index is 11.6. The lowest BCUT2D eigenvalue weighted by molar-refractivity contribution is -0.122. The molecule has 7 nitrogen and oxygen atoms in total. The summed E-state index contributed by atoms with van der Waals surface area (Å²) in [6.45, 7) is 3.19. The molecule has 0 radical (unpaired) electrons. The van der Waals surface area contributed by atoms with Crippen LogP contribution in [0.4, 0.5) is 11.6 Å². The van der Waals surface area contributed by atoms with E-state index in [9.17, 15) is 4.79 Å². The summed E-state index contributed by atoms with van der Waals surface area (Å²) in [5, 5.41) is 3.44. The molecule has 0 saturated carbocycles. The van der Waals surface area contributed by atoms with Crippen LogP contribution in [0.2, 0.25) is 0 Å². The monoisotopic (exact) mass is 268 g/mol. The predicted octanol–water partition coefficient (Wildman–Crippen LogP) is -0.191. The van der Waals surface area contributed by atoms with Crippen molar-refractivity contribution in [1.29, 1.82) is 0 Å². The largest absolute Gasteiger partial charge is 0.353 e. The summed E-state index contributed by atoms with van der Waals surface area (Å²) < 4.78 is 0. The molecule has 1 aliphatic heterocycles. The molecule has 2 rings (SSSR count). The summed E-state index contributed by atoms with van der Waals surface area (Å²) in [7, 11) is 0. The molecule has 0 aromatic carbocycles. The molecule has 0 spiro atoms. The predicted molar refractivity (Wildman–Crippen MR) is 71.4 cm³/mol. The van der Waals surface area contributed by atoms with Gasteiger partial charge < -0.3 is 15.6 Å². The Kier molecular flexibility index (Phi) is 3.87. The lowest BCUT2D eigenvalue weighted by Gasteiger charge is -2.33.